The van der Waals surface area contributed by atoms with E-state index in [9.17, 15) is 14.0 Å². The van der Waals surface area contributed by atoms with Crippen LogP contribution in [-0.2, 0) is 16.1 Å². The molecule has 0 saturated heterocycles. The number of rotatable bonds is 5. The predicted octanol–water partition coefficient (Wildman–Crippen LogP) is 2.52. The molecule has 0 fully saturated rings. The van der Waals surface area contributed by atoms with Gasteiger partial charge in [-0.05, 0) is 35.9 Å². The third kappa shape index (κ3) is 4.34. The van der Waals surface area contributed by atoms with E-state index in [1.165, 1.54) is 23.3 Å². The Labute approximate surface area is 165 Å². The molecule has 4 rings (SSSR count). The lowest BCUT2D eigenvalue weighted by molar-refractivity contribution is -0.132. The summed E-state index contributed by atoms with van der Waals surface area (Å²) in [5, 5.41) is 12.3. The zero-order valence-corrected chi connectivity index (χ0v) is 15.3. The van der Waals surface area contributed by atoms with Gasteiger partial charge < -0.3 is 5.32 Å². The molecular weight excluding hydrogens is 375 g/mol. The number of hydrogen-bond donors (Lipinski definition) is 1. The number of pyridine rings is 1. The van der Waals surface area contributed by atoms with Gasteiger partial charge in [-0.2, -0.15) is 10.2 Å². The van der Waals surface area contributed by atoms with Gasteiger partial charge in [0.1, 0.15) is 11.5 Å². The molecule has 3 heterocycles. The van der Waals surface area contributed by atoms with Gasteiger partial charge in [0.25, 0.3) is 5.91 Å². The molecule has 0 radical (unpaired) electrons. The molecule has 0 atom stereocenters. The third-order valence-electron chi connectivity index (χ3n) is 4.36. The lowest BCUT2D eigenvalue weighted by atomic mass is 10.1. The Balaban J connectivity index is 1.44. The first kappa shape index (κ1) is 18.5. The summed E-state index contributed by atoms with van der Waals surface area (Å²) in [6, 6.07) is 11.0. The molecule has 0 spiro atoms. The fourth-order valence-electron chi connectivity index (χ4n) is 2.85. The first-order valence-corrected chi connectivity index (χ1v) is 8.98. The van der Waals surface area contributed by atoms with Crippen molar-refractivity contribution in [2.24, 2.45) is 5.10 Å². The second kappa shape index (κ2) is 8.01. The van der Waals surface area contributed by atoms with Crippen LogP contribution in [0.1, 0.15) is 18.4 Å². The maximum Gasteiger partial charge on any atom is 0.271 e. The molecule has 0 unspecified atom stereocenters. The zero-order chi connectivity index (χ0) is 20.2. The molecule has 2 amide bonds. The maximum absolute atomic E-state index is 13.1. The number of nitrogens with zero attached hydrogens (tertiary/aromatic N) is 5. The molecule has 1 aliphatic rings. The highest BCUT2D eigenvalue weighted by atomic mass is 19.1. The van der Waals surface area contributed by atoms with Gasteiger partial charge in [-0.3, -0.25) is 9.59 Å². The van der Waals surface area contributed by atoms with Crippen LogP contribution in [0.3, 0.4) is 0 Å². The summed E-state index contributed by atoms with van der Waals surface area (Å²) in [6.07, 6.45) is 5.38. The first-order chi connectivity index (χ1) is 14.1. The van der Waals surface area contributed by atoms with Crippen LogP contribution in [0.15, 0.2) is 66.2 Å². The Morgan fingerprint density at radius 1 is 1.14 bits per heavy atom. The topological polar surface area (TPSA) is 92.5 Å². The minimum absolute atomic E-state index is 0.177. The smallest absolute Gasteiger partial charge is 0.271 e. The van der Waals surface area contributed by atoms with Crippen molar-refractivity contribution in [1.82, 2.24) is 19.8 Å². The van der Waals surface area contributed by atoms with E-state index in [4.69, 9.17) is 0 Å². The van der Waals surface area contributed by atoms with Gasteiger partial charge in [0.05, 0.1) is 18.4 Å². The van der Waals surface area contributed by atoms with E-state index in [2.05, 4.69) is 20.5 Å². The average Bonchev–Trinajstić information content (AvgIpc) is 3.27. The number of benzene rings is 1. The zero-order valence-electron chi connectivity index (χ0n) is 15.3. The Kier molecular flexibility index (Phi) is 5.10. The largest absolute Gasteiger partial charge is 0.319 e. The van der Waals surface area contributed by atoms with E-state index >= 15 is 0 Å². The molecular formula is C20H17FN6O2. The highest BCUT2D eigenvalue weighted by Gasteiger charge is 2.24. The van der Waals surface area contributed by atoms with Crippen molar-refractivity contribution in [2.75, 3.05) is 5.32 Å². The summed E-state index contributed by atoms with van der Waals surface area (Å²) in [5.41, 5.74) is 1.49. The van der Waals surface area contributed by atoms with E-state index < -0.39 is 5.91 Å². The van der Waals surface area contributed by atoms with E-state index in [0.29, 0.717) is 11.5 Å². The first-order valence-electron chi connectivity index (χ1n) is 8.98. The van der Waals surface area contributed by atoms with E-state index in [1.54, 1.807) is 47.4 Å². The Morgan fingerprint density at radius 3 is 2.66 bits per heavy atom. The quantitative estimate of drug-likeness (QED) is 0.722. The van der Waals surface area contributed by atoms with Crippen molar-refractivity contribution < 1.29 is 14.0 Å². The highest BCUT2D eigenvalue weighted by Crippen LogP contribution is 2.16. The number of aromatic nitrogens is 3. The number of nitrogens with one attached hydrogen (secondary N) is 1. The number of hydrazone groups is 1. The molecule has 146 valence electrons. The molecule has 0 aliphatic carbocycles. The van der Waals surface area contributed by atoms with Crippen molar-refractivity contribution in [3.05, 3.63) is 72.4 Å². The SMILES string of the molecule is O=C(Nc1ccc(-n2cccn2)nc1)C1=NN(Cc2ccc(F)cc2)C(=O)CC1. The van der Waals surface area contributed by atoms with Crippen LogP contribution < -0.4 is 5.32 Å². The Morgan fingerprint density at radius 2 is 1.97 bits per heavy atom. The summed E-state index contributed by atoms with van der Waals surface area (Å²) in [7, 11) is 0. The van der Waals surface area contributed by atoms with Crippen molar-refractivity contribution in [1.29, 1.82) is 0 Å². The van der Waals surface area contributed by atoms with Gasteiger partial charge in [-0.15, -0.1) is 0 Å². The Bertz CT molecular complexity index is 1050. The summed E-state index contributed by atoms with van der Waals surface area (Å²) in [4.78, 5) is 29.0. The summed E-state index contributed by atoms with van der Waals surface area (Å²) in [5.74, 6) is -0.306. The van der Waals surface area contributed by atoms with Gasteiger partial charge in [0.15, 0.2) is 5.82 Å². The van der Waals surface area contributed by atoms with Crippen LogP contribution in [0, 0.1) is 5.82 Å². The van der Waals surface area contributed by atoms with Crippen LogP contribution >= 0.6 is 0 Å². The molecule has 1 N–H and O–H groups in total. The summed E-state index contributed by atoms with van der Waals surface area (Å²) < 4.78 is 14.7. The maximum atomic E-state index is 13.1. The minimum atomic E-state index is -0.393. The minimum Gasteiger partial charge on any atom is -0.319 e. The van der Waals surface area contributed by atoms with Crippen LogP contribution in [0.5, 0.6) is 0 Å². The van der Waals surface area contributed by atoms with E-state index in [0.717, 1.165) is 5.56 Å². The van der Waals surface area contributed by atoms with E-state index in [1.807, 2.05) is 0 Å². The van der Waals surface area contributed by atoms with Crippen molar-refractivity contribution in [3.63, 3.8) is 0 Å². The number of carbonyl (C=O) groups excluding carboxylic acids is 2. The van der Waals surface area contributed by atoms with Crippen molar-refractivity contribution in [2.45, 2.75) is 19.4 Å². The number of anilines is 1. The summed E-state index contributed by atoms with van der Waals surface area (Å²) in [6.45, 7) is 0.177. The van der Waals surface area contributed by atoms with E-state index in [-0.39, 0.29) is 36.8 Å². The molecule has 8 nitrogen and oxygen atoms in total. The number of hydrogen-bond acceptors (Lipinski definition) is 5. The van der Waals surface area contributed by atoms with Crippen LogP contribution in [0.2, 0.25) is 0 Å². The molecule has 0 bridgehead atoms. The second-order valence-electron chi connectivity index (χ2n) is 6.43. The van der Waals surface area contributed by atoms with Gasteiger partial charge in [0, 0.05) is 25.2 Å². The van der Waals surface area contributed by atoms with Gasteiger partial charge >= 0.3 is 0 Å². The monoisotopic (exact) mass is 392 g/mol. The molecule has 1 aliphatic heterocycles. The fourth-order valence-corrected chi connectivity index (χ4v) is 2.85. The molecule has 29 heavy (non-hydrogen) atoms. The average molecular weight is 392 g/mol. The highest BCUT2D eigenvalue weighted by molar-refractivity contribution is 6.43. The van der Waals surface area contributed by atoms with Gasteiger partial charge in [0.2, 0.25) is 5.91 Å². The molecule has 2 aromatic heterocycles. The Hall–Kier alpha value is -3.88. The van der Waals surface area contributed by atoms with Gasteiger partial charge in [-0.1, -0.05) is 12.1 Å². The standard InChI is InChI=1S/C20H17FN6O2/c21-15-4-2-14(3-5-15)13-27-19(28)9-7-17(25-27)20(29)24-16-6-8-18(22-12-16)26-11-1-10-23-26/h1-6,8,10-12H,7,9,13H2,(H,24,29). The third-order valence-corrected chi connectivity index (χ3v) is 4.36. The van der Waals surface area contributed by atoms with Gasteiger partial charge in [-0.25, -0.2) is 19.1 Å². The second-order valence-corrected chi connectivity index (χ2v) is 6.43. The van der Waals surface area contributed by atoms with Crippen molar-refractivity contribution >= 4 is 23.2 Å². The van der Waals surface area contributed by atoms with Crippen LogP contribution in [-0.4, -0.2) is 37.3 Å². The normalized spacial score (nSPS) is 13.9. The summed E-state index contributed by atoms with van der Waals surface area (Å²) >= 11 is 0. The van der Waals surface area contributed by atoms with Crippen molar-refractivity contribution in [3.8, 4) is 5.82 Å². The fraction of sp³-hybridized carbons (Fsp3) is 0.150. The number of halogens is 1. The lowest BCUT2D eigenvalue weighted by Crippen LogP contribution is -2.36. The predicted molar refractivity (Wildman–Crippen MR) is 104 cm³/mol. The molecule has 0 saturated carbocycles. The molecule has 1 aromatic carbocycles. The molecule has 3 aromatic rings. The molecule has 9 heteroatoms. The lowest BCUT2D eigenvalue weighted by Gasteiger charge is -2.23. The number of amides is 2. The van der Waals surface area contributed by atoms with Crippen LogP contribution in [0.4, 0.5) is 10.1 Å². The number of carbonyl (C=O) groups is 2. The van der Waals surface area contributed by atoms with Crippen LogP contribution in [0.25, 0.3) is 5.82 Å².